The quantitative estimate of drug-likeness (QED) is 0.751. The highest BCUT2D eigenvalue weighted by atomic mass is 32.4. The smallest absolute Gasteiger partial charge is 0.257 e. The van der Waals surface area contributed by atoms with E-state index in [4.69, 9.17) is 21.1 Å². The van der Waals surface area contributed by atoms with Crippen LogP contribution in [0.5, 0.6) is 11.6 Å². The topological polar surface area (TPSA) is 55.4 Å². The average molecular weight is 289 g/mol. The molecule has 0 unspecified atom stereocenters. The molecule has 102 valence electrons. The number of hydrogen-bond acceptors (Lipinski definition) is 4. The van der Waals surface area contributed by atoms with Crippen LogP contribution in [-0.4, -0.2) is 25.7 Å². The molecule has 0 aromatic carbocycles. The second-order valence-electron chi connectivity index (χ2n) is 3.69. The maximum Gasteiger partial charge on any atom is 0.257 e. The maximum absolute atomic E-state index is 5.80. The van der Waals surface area contributed by atoms with Gasteiger partial charge in [0.1, 0.15) is 0 Å². The predicted molar refractivity (Wildman–Crippen MR) is 77.8 cm³/mol. The second kappa shape index (κ2) is 7.04. The van der Waals surface area contributed by atoms with Gasteiger partial charge in [0, 0.05) is 5.69 Å². The SMILES string of the molecule is CCCOc1nc(C)ccc1OP(=S)(NC)NC. The molecule has 0 atom stereocenters. The molecule has 1 aromatic rings. The van der Waals surface area contributed by atoms with Crippen LogP contribution in [0.4, 0.5) is 0 Å². The second-order valence-corrected chi connectivity index (χ2v) is 7.42. The first-order valence-electron chi connectivity index (χ1n) is 5.82. The van der Waals surface area contributed by atoms with Crippen LogP contribution < -0.4 is 19.4 Å². The van der Waals surface area contributed by atoms with Crippen molar-refractivity contribution in [1.82, 2.24) is 15.2 Å². The molecule has 1 rings (SSSR count). The Hall–Kier alpha value is -0.680. The van der Waals surface area contributed by atoms with E-state index < -0.39 is 6.57 Å². The van der Waals surface area contributed by atoms with Gasteiger partial charge >= 0.3 is 0 Å². The Bertz CT molecular complexity index is 434. The summed E-state index contributed by atoms with van der Waals surface area (Å²) in [6, 6.07) is 3.71. The number of hydrogen-bond donors (Lipinski definition) is 2. The molecule has 0 spiro atoms. The highest BCUT2D eigenvalue weighted by Crippen LogP contribution is 2.41. The van der Waals surface area contributed by atoms with Gasteiger partial charge in [0.2, 0.25) is 6.57 Å². The Morgan fingerprint density at radius 3 is 2.56 bits per heavy atom. The van der Waals surface area contributed by atoms with Gasteiger partial charge in [-0.3, -0.25) is 0 Å². The molecule has 0 aliphatic heterocycles. The van der Waals surface area contributed by atoms with Crippen molar-refractivity contribution in [2.45, 2.75) is 20.3 Å². The molecule has 0 aliphatic carbocycles. The predicted octanol–water partition coefficient (Wildman–Crippen LogP) is 2.22. The Kier molecular flexibility index (Phi) is 6.02. The summed E-state index contributed by atoms with van der Waals surface area (Å²) < 4.78 is 11.4. The molecule has 1 heterocycles. The van der Waals surface area contributed by atoms with E-state index in [2.05, 4.69) is 15.2 Å². The van der Waals surface area contributed by atoms with E-state index >= 15 is 0 Å². The van der Waals surface area contributed by atoms with Crippen LogP contribution in [0.25, 0.3) is 0 Å². The van der Waals surface area contributed by atoms with E-state index in [0.717, 1.165) is 12.1 Å². The van der Waals surface area contributed by atoms with Crippen molar-refractivity contribution in [3.8, 4) is 11.6 Å². The molecular weight excluding hydrogens is 269 g/mol. The molecule has 0 bridgehead atoms. The summed E-state index contributed by atoms with van der Waals surface area (Å²) in [6.07, 6.45) is 0.918. The molecule has 7 heteroatoms. The lowest BCUT2D eigenvalue weighted by molar-refractivity contribution is 0.295. The largest absolute Gasteiger partial charge is 0.475 e. The Morgan fingerprint density at radius 1 is 1.33 bits per heavy atom. The number of aromatic nitrogens is 1. The van der Waals surface area contributed by atoms with Gasteiger partial charge < -0.3 is 9.26 Å². The molecule has 0 saturated heterocycles. The summed E-state index contributed by atoms with van der Waals surface area (Å²) in [4.78, 5) is 4.33. The van der Waals surface area contributed by atoms with Gasteiger partial charge in [-0.05, 0) is 51.4 Å². The molecule has 1 aromatic heterocycles. The number of aryl methyl sites for hydroxylation is 1. The Labute approximate surface area is 113 Å². The highest BCUT2D eigenvalue weighted by molar-refractivity contribution is 8.10. The third kappa shape index (κ3) is 4.21. The third-order valence-corrected chi connectivity index (χ3v) is 5.17. The van der Waals surface area contributed by atoms with Crippen LogP contribution in [0.15, 0.2) is 12.1 Å². The van der Waals surface area contributed by atoms with Crippen molar-refractivity contribution in [3.63, 3.8) is 0 Å². The van der Waals surface area contributed by atoms with E-state index in [1.165, 1.54) is 0 Å². The molecule has 18 heavy (non-hydrogen) atoms. The van der Waals surface area contributed by atoms with E-state index in [1.807, 2.05) is 26.0 Å². The molecule has 0 aliphatic rings. The fourth-order valence-electron chi connectivity index (χ4n) is 1.23. The Morgan fingerprint density at radius 2 is 2.00 bits per heavy atom. The highest BCUT2D eigenvalue weighted by Gasteiger charge is 2.17. The van der Waals surface area contributed by atoms with Gasteiger partial charge in [0.25, 0.3) is 5.88 Å². The number of rotatable bonds is 7. The monoisotopic (exact) mass is 289 g/mol. The van der Waals surface area contributed by atoms with Gasteiger partial charge in [0.15, 0.2) is 5.75 Å². The molecule has 5 nitrogen and oxygen atoms in total. The van der Waals surface area contributed by atoms with Crippen molar-refractivity contribution in [2.75, 3.05) is 20.7 Å². The van der Waals surface area contributed by atoms with E-state index in [0.29, 0.717) is 18.2 Å². The molecule has 0 saturated carbocycles. The minimum Gasteiger partial charge on any atom is -0.475 e. The first kappa shape index (κ1) is 15.4. The number of ether oxygens (including phenoxy) is 1. The zero-order valence-corrected chi connectivity index (χ0v) is 12.9. The van der Waals surface area contributed by atoms with Gasteiger partial charge in [-0.15, -0.1) is 0 Å². The summed E-state index contributed by atoms with van der Waals surface area (Å²) in [5.41, 5.74) is 0.885. The zero-order chi connectivity index (χ0) is 13.6. The first-order valence-corrected chi connectivity index (χ1v) is 8.54. The number of pyridine rings is 1. The molecule has 2 N–H and O–H groups in total. The van der Waals surface area contributed by atoms with Crippen LogP contribution in [-0.2, 0) is 11.8 Å². The van der Waals surface area contributed by atoms with Crippen LogP contribution in [0.2, 0.25) is 0 Å². The number of nitrogens with zero attached hydrogens (tertiary/aromatic N) is 1. The van der Waals surface area contributed by atoms with E-state index in [9.17, 15) is 0 Å². The molecule has 0 radical (unpaired) electrons. The van der Waals surface area contributed by atoms with Crippen LogP contribution in [0.3, 0.4) is 0 Å². The summed E-state index contributed by atoms with van der Waals surface area (Å²) in [6.45, 7) is 2.30. The molecular formula is C11H20N3O2PS. The zero-order valence-electron chi connectivity index (χ0n) is 11.2. The average Bonchev–Trinajstić information content (AvgIpc) is 2.38. The minimum atomic E-state index is -2.26. The van der Waals surface area contributed by atoms with Gasteiger partial charge in [-0.25, -0.2) is 15.2 Å². The van der Waals surface area contributed by atoms with Crippen molar-refractivity contribution in [1.29, 1.82) is 0 Å². The van der Waals surface area contributed by atoms with Crippen molar-refractivity contribution in [3.05, 3.63) is 17.8 Å². The lowest BCUT2D eigenvalue weighted by atomic mass is 10.3. The first-order chi connectivity index (χ1) is 8.54. The lowest BCUT2D eigenvalue weighted by Crippen LogP contribution is -2.20. The summed E-state index contributed by atoms with van der Waals surface area (Å²) in [5.74, 6) is 1.07. The summed E-state index contributed by atoms with van der Waals surface area (Å²) in [5, 5.41) is 5.97. The van der Waals surface area contributed by atoms with Gasteiger partial charge in [-0.2, -0.15) is 0 Å². The normalized spacial score (nSPS) is 11.3. The molecule has 0 amide bonds. The summed E-state index contributed by atoms with van der Waals surface area (Å²) in [7, 11) is 3.54. The van der Waals surface area contributed by atoms with Crippen molar-refractivity contribution >= 4 is 18.4 Å². The Balaban J connectivity index is 2.96. The fraction of sp³-hybridized carbons (Fsp3) is 0.545. The van der Waals surface area contributed by atoms with Gasteiger partial charge in [0.05, 0.1) is 6.61 Å². The van der Waals surface area contributed by atoms with E-state index in [1.54, 1.807) is 14.1 Å². The van der Waals surface area contributed by atoms with Crippen LogP contribution >= 0.6 is 6.57 Å². The van der Waals surface area contributed by atoms with Gasteiger partial charge in [-0.1, -0.05) is 6.92 Å². The third-order valence-electron chi connectivity index (χ3n) is 2.22. The number of nitrogens with one attached hydrogen (secondary N) is 2. The maximum atomic E-state index is 5.80. The molecule has 0 fully saturated rings. The van der Waals surface area contributed by atoms with Crippen molar-refractivity contribution < 1.29 is 9.26 Å². The fourth-order valence-corrected chi connectivity index (χ4v) is 2.30. The van der Waals surface area contributed by atoms with E-state index in [-0.39, 0.29) is 0 Å². The van der Waals surface area contributed by atoms with Crippen LogP contribution in [0, 0.1) is 6.92 Å². The van der Waals surface area contributed by atoms with Crippen molar-refractivity contribution in [2.24, 2.45) is 0 Å². The standard InChI is InChI=1S/C11H20N3O2PS/c1-5-8-15-11-10(7-6-9(2)14-11)16-17(18,12-3)13-4/h6-7H,5,8H2,1-4H3,(H2,12,13,18). The summed E-state index contributed by atoms with van der Waals surface area (Å²) >= 11 is 5.37. The minimum absolute atomic E-state index is 0.497. The lowest BCUT2D eigenvalue weighted by Gasteiger charge is -2.22. The van der Waals surface area contributed by atoms with Crippen LogP contribution in [0.1, 0.15) is 19.0 Å².